The smallest absolute Gasteiger partial charge is 0.328 e. The summed E-state index contributed by atoms with van der Waals surface area (Å²) in [5, 5.41) is 22.4. The van der Waals surface area contributed by atoms with Crippen LogP contribution < -0.4 is 10.6 Å². The van der Waals surface area contributed by atoms with E-state index in [1.54, 1.807) is 0 Å². The van der Waals surface area contributed by atoms with Crippen LogP contribution in [0.25, 0.3) is 0 Å². The van der Waals surface area contributed by atoms with Gasteiger partial charge in [-0.1, -0.05) is 77.4 Å². The number of aliphatic hydroxyl groups excluding tert-OH is 1. The highest BCUT2D eigenvalue weighted by atomic mass is 16.5. The number of carbonyl (C=O) groups excluding carboxylic acids is 3. The van der Waals surface area contributed by atoms with Crippen LogP contribution in [0.3, 0.4) is 0 Å². The minimum Gasteiger partial charge on any atom is -0.480 e. The predicted octanol–water partition coefficient (Wildman–Crippen LogP) is 5.58. The molecule has 0 aromatic rings. The normalized spacial score (nSPS) is 12.7. The van der Waals surface area contributed by atoms with Gasteiger partial charge in [-0.3, -0.25) is 14.4 Å². The Morgan fingerprint density at radius 3 is 1.95 bits per heavy atom. The van der Waals surface area contributed by atoms with E-state index in [0.717, 1.165) is 70.6 Å². The molecular formula is C31H56N2O7. The average molecular weight is 569 g/mol. The summed E-state index contributed by atoms with van der Waals surface area (Å²) in [6.45, 7) is 3.30. The highest BCUT2D eigenvalue weighted by Crippen LogP contribution is 2.17. The highest BCUT2D eigenvalue weighted by molar-refractivity contribution is 5.87. The third kappa shape index (κ3) is 23.5. The molecule has 0 spiro atoms. The highest BCUT2D eigenvalue weighted by Gasteiger charge is 2.19. The first-order valence-corrected chi connectivity index (χ1v) is 15.6. The summed E-state index contributed by atoms with van der Waals surface area (Å²) in [7, 11) is 0. The van der Waals surface area contributed by atoms with E-state index in [1.807, 2.05) is 0 Å². The van der Waals surface area contributed by atoms with E-state index >= 15 is 0 Å². The molecule has 9 heteroatoms. The SMILES string of the molecule is CCCC/C=C\CCCCCCCC(=O)OC(CCCCC)CCCCCC(=O)NCC(=O)NC(CO)C(=O)O. The molecule has 0 aliphatic heterocycles. The van der Waals surface area contributed by atoms with Crippen LogP contribution in [0.15, 0.2) is 12.2 Å². The van der Waals surface area contributed by atoms with Crippen molar-refractivity contribution in [2.45, 2.75) is 148 Å². The summed E-state index contributed by atoms with van der Waals surface area (Å²) in [6, 6.07) is -1.39. The van der Waals surface area contributed by atoms with Gasteiger partial charge in [0.15, 0.2) is 0 Å². The van der Waals surface area contributed by atoms with Gasteiger partial charge in [-0.15, -0.1) is 0 Å². The molecule has 0 aromatic carbocycles. The quantitative estimate of drug-likeness (QED) is 0.0575. The molecule has 0 bridgehead atoms. The molecule has 0 aliphatic rings. The Kier molecular flexibility index (Phi) is 25.2. The van der Waals surface area contributed by atoms with E-state index in [4.69, 9.17) is 14.9 Å². The van der Waals surface area contributed by atoms with Gasteiger partial charge >= 0.3 is 11.9 Å². The van der Waals surface area contributed by atoms with Gasteiger partial charge in [0.2, 0.25) is 11.8 Å². The molecule has 232 valence electrons. The van der Waals surface area contributed by atoms with Gasteiger partial charge in [0, 0.05) is 12.8 Å². The number of ether oxygens (including phenoxy) is 1. The van der Waals surface area contributed by atoms with Gasteiger partial charge in [-0.25, -0.2) is 4.79 Å². The number of aliphatic hydroxyl groups is 1. The van der Waals surface area contributed by atoms with Gasteiger partial charge in [-0.05, 0) is 57.8 Å². The monoisotopic (exact) mass is 568 g/mol. The first kappa shape index (κ1) is 37.6. The summed E-state index contributed by atoms with van der Waals surface area (Å²) in [4.78, 5) is 46.9. The van der Waals surface area contributed by atoms with Crippen LogP contribution in [-0.4, -0.2) is 59.3 Å². The Hall–Kier alpha value is -2.42. The second-order valence-electron chi connectivity index (χ2n) is 10.5. The van der Waals surface area contributed by atoms with Crippen molar-refractivity contribution in [2.75, 3.05) is 13.2 Å². The number of allylic oxidation sites excluding steroid dienone is 2. The van der Waals surface area contributed by atoms with Crippen LogP contribution in [0.1, 0.15) is 136 Å². The van der Waals surface area contributed by atoms with Crippen LogP contribution in [0.5, 0.6) is 0 Å². The summed E-state index contributed by atoms with van der Waals surface area (Å²) in [6.07, 6.45) is 22.8. The van der Waals surface area contributed by atoms with E-state index in [9.17, 15) is 19.2 Å². The number of unbranched alkanes of at least 4 members (excludes halogenated alkanes) is 11. The molecule has 40 heavy (non-hydrogen) atoms. The maximum absolute atomic E-state index is 12.4. The number of hydrogen-bond donors (Lipinski definition) is 4. The van der Waals surface area contributed by atoms with Crippen LogP contribution in [0.4, 0.5) is 0 Å². The van der Waals surface area contributed by atoms with E-state index in [1.165, 1.54) is 32.1 Å². The first-order valence-electron chi connectivity index (χ1n) is 15.6. The summed E-state index contributed by atoms with van der Waals surface area (Å²) < 4.78 is 5.81. The van der Waals surface area contributed by atoms with Crippen molar-refractivity contribution in [1.29, 1.82) is 0 Å². The maximum atomic E-state index is 12.4. The second-order valence-corrected chi connectivity index (χ2v) is 10.5. The molecule has 0 aromatic heterocycles. The Labute approximate surface area is 241 Å². The summed E-state index contributed by atoms with van der Waals surface area (Å²) in [5.74, 6) is -2.41. The third-order valence-corrected chi connectivity index (χ3v) is 6.76. The standard InChI is InChI=1S/C31H56N2O7/c1-3-5-7-8-9-10-11-12-13-14-19-23-30(37)40-26(20-16-6-4-2)21-17-15-18-22-28(35)32-24-29(36)33-27(25-34)31(38)39/h8-9,26-27,34H,3-7,10-25H2,1-2H3,(H,32,35)(H,33,36)(H,38,39)/b9-8-. The number of esters is 1. The van der Waals surface area contributed by atoms with Gasteiger partial charge in [-0.2, -0.15) is 0 Å². The molecule has 2 unspecified atom stereocenters. The zero-order valence-corrected chi connectivity index (χ0v) is 25.1. The predicted molar refractivity (Wildman–Crippen MR) is 158 cm³/mol. The average Bonchev–Trinajstić information content (AvgIpc) is 2.93. The van der Waals surface area contributed by atoms with E-state index in [2.05, 4.69) is 36.6 Å². The number of nitrogens with one attached hydrogen (secondary N) is 2. The summed E-state index contributed by atoms with van der Waals surface area (Å²) in [5.41, 5.74) is 0. The van der Waals surface area contributed by atoms with Crippen molar-refractivity contribution in [1.82, 2.24) is 10.6 Å². The van der Waals surface area contributed by atoms with Crippen molar-refractivity contribution in [3.8, 4) is 0 Å². The number of amides is 2. The lowest BCUT2D eigenvalue weighted by Gasteiger charge is -2.18. The molecule has 9 nitrogen and oxygen atoms in total. The zero-order chi connectivity index (χ0) is 29.8. The fraction of sp³-hybridized carbons (Fsp3) is 0.806. The number of hydrogen-bond acceptors (Lipinski definition) is 6. The van der Waals surface area contributed by atoms with Gasteiger partial charge in [0.05, 0.1) is 13.2 Å². The fourth-order valence-corrected chi connectivity index (χ4v) is 4.28. The molecule has 2 atom stereocenters. The largest absolute Gasteiger partial charge is 0.480 e. The number of rotatable bonds is 27. The molecule has 0 aliphatic carbocycles. The molecule has 0 radical (unpaired) electrons. The third-order valence-electron chi connectivity index (χ3n) is 6.76. The minimum absolute atomic E-state index is 0.0789. The van der Waals surface area contributed by atoms with Gasteiger partial charge < -0.3 is 25.6 Å². The Morgan fingerprint density at radius 2 is 1.30 bits per heavy atom. The lowest BCUT2D eigenvalue weighted by atomic mass is 10.0. The van der Waals surface area contributed by atoms with E-state index < -0.39 is 24.5 Å². The molecule has 2 amide bonds. The Morgan fingerprint density at radius 1 is 0.725 bits per heavy atom. The number of aliphatic carboxylic acids is 1. The minimum atomic E-state index is -1.39. The van der Waals surface area contributed by atoms with Crippen molar-refractivity contribution in [2.24, 2.45) is 0 Å². The lowest BCUT2D eigenvalue weighted by Crippen LogP contribution is -2.47. The number of carbonyl (C=O) groups is 4. The molecule has 0 saturated heterocycles. The van der Waals surface area contributed by atoms with Crippen LogP contribution in [0, 0.1) is 0 Å². The molecule has 0 saturated carbocycles. The van der Waals surface area contributed by atoms with Crippen molar-refractivity contribution < 1.29 is 34.1 Å². The second kappa shape index (κ2) is 26.8. The van der Waals surface area contributed by atoms with Crippen molar-refractivity contribution >= 4 is 23.8 Å². The maximum Gasteiger partial charge on any atom is 0.328 e. The topological polar surface area (TPSA) is 142 Å². The lowest BCUT2D eigenvalue weighted by molar-refractivity contribution is -0.150. The molecular weight excluding hydrogens is 512 g/mol. The van der Waals surface area contributed by atoms with Crippen molar-refractivity contribution in [3.05, 3.63) is 12.2 Å². The number of carboxylic acids is 1. The fourth-order valence-electron chi connectivity index (χ4n) is 4.28. The first-order chi connectivity index (χ1) is 19.3. The molecule has 0 fully saturated rings. The van der Waals surface area contributed by atoms with Crippen LogP contribution in [-0.2, 0) is 23.9 Å². The molecule has 4 N–H and O–H groups in total. The summed E-state index contributed by atoms with van der Waals surface area (Å²) >= 11 is 0. The molecule has 0 heterocycles. The van der Waals surface area contributed by atoms with Gasteiger partial charge in [0.1, 0.15) is 12.1 Å². The zero-order valence-electron chi connectivity index (χ0n) is 25.1. The number of carboxylic acid groups (broad SMARTS) is 1. The molecule has 0 rings (SSSR count). The van der Waals surface area contributed by atoms with E-state index in [-0.39, 0.29) is 30.9 Å². The van der Waals surface area contributed by atoms with Gasteiger partial charge in [0.25, 0.3) is 0 Å². The van der Waals surface area contributed by atoms with Crippen LogP contribution in [0.2, 0.25) is 0 Å². The van der Waals surface area contributed by atoms with Crippen LogP contribution >= 0.6 is 0 Å². The van der Waals surface area contributed by atoms with E-state index in [0.29, 0.717) is 12.8 Å². The Balaban J connectivity index is 4.08. The van der Waals surface area contributed by atoms with Crippen molar-refractivity contribution in [3.63, 3.8) is 0 Å². The Bertz CT molecular complexity index is 712.